The van der Waals surface area contributed by atoms with Gasteiger partial charge in [-0.2, -0.15) is 0 Å². The summed E-state index contributed by atoms with van der Waals surface area (Å²) in [5, 5.41) is 27.7. The maximum atomic E-state index is 9.89. The van der Waals surface area contributed by atoms with Gasteiger partial charge in [0.2, 0.25) is 0 Å². The van der Waals surface area contributed by atoms with Crippen LogP contribution in [0, 0.1) is 13.8 Å². The molecule has 1 rings (SSSR count). The molecule has 0 saturated heterocycles. The lowest BCUT2D eigenvalue weighted by Crippen LogP contribution is -2.38. The number of hydrogen-bond acceptors (Lipinski definition) is 6. The standard InChI is InChI=1S/C17H29NO5/c1-14-3-4-17(11-15(14)2)23-10-9-22-13-16(21)12-18(5-7-19)6-8-20/h3-4,11,16,19-21H,5-10,12-13H2,1-2H3. The zero-order chi connectivity index (χ0) is 17.1. The Hall–Kier alpha value is -1.18. The van der Waals surface area contributed by atoms with E-state index in [4.69, 9.17) is 19.7 Å². The monoisotopic (exact) mass is 327 g/mol. The van der Waals surface area contributed by atoms with Crippen LogP contribution in [0.2, 0.25) is 0 Å². The topological polar surface area (TPSA) is 82.4 Å². The third-order valence-electron chi connectivity index (χ3n) is 3.59. The smallest absolute Gasteiger partial charge is 0.119 e. The van der Waals surface area contributed by atoms with E-state index < -0.39 is 6.10 Å². The van der Waals surface area contributed by atoms with E-state index in [9.17, 15) is 5.11 Å². The van der Waals surface area contributed by atoms with Crippen molar-refractivity contribution in [3.63, 3.8) is 0 Å². The van der Waals surface area contributed by atoms with E-state index in [1.165, 1.54) is 11.1 Å². The van der Waals surface area contributed by atoms with Crippen LogP contribution in [0.25, 0.3) is 0 Å². The Kier molecular flexibility index (Phi) is 9.82. The van der Waals surface area contributed by atoms with Gasteiger partial charge in [0.05, 0.1) is 32.5 Å². The molecule has 0 aliphatic rings. The molecule has 0 heterocycles. The fourth-order valence-corrected chi connectivity index (χ4v) is 2.17. The summed E-state index contributed by atoms with van der Waals surface area (Å²) in [6.45, 7) is 6.31. The molecule has 6 nitrogen and oxygen atoms in total. The van der Waals surface area contributed by atoms with Crippen LogP contribution in [0.3, 0.4) is 0 Å². The lowest BCUT2D eigenvalue weighted by atomic mass is 10.1. The van der Waals surface area contributed by atoms with Gasteiger partial charge >= 0.3 is 0 Å². The van der Waals surface area contributed by atoms with Crippen LogP contribution >= 0.6 is 0 Å². The van der Waals surface area contributed by atoms with E-state index >= 15 is 0 Å². The molecule has 3 N–H and O–H groups in total. The summed E-state index contributed by atoms with van der Waals surface area (Å²) in [5.41, 5.74) is 2.42. The number of ether oxygens (including phenoxy) is 2. The molecule has 6 heteroatoms. The maximum absolute atomic E-state index is 9.89. The molecule has 132 valence electrons. The van der Waals surface area contributed by atoms with Crippen molar-refractivity contribution in [3.8, 4) is 5.75 Å². The molecule has 0 aliphatic carbocycles. The summed E-state index contributed by atoms with van der Waals surface area (Å²) in [5.74, 6) is 0.814. The Morgan fingerprint density at radius 3 is 2.35 bits per heavy atom. The Morgan fingerprint density at radius 1 is 1.04 bits per heavy atom. The third kappa shape index (κ3) is 8.29. The van der Waals surface area contributed by atoms with Crippen molar-refractivity contribution in [1.29, 1.82) is 0 Å². The molecule has 0 fully saturated rings. The number of nitrogens with zero attached hydrogens (tertiary/aromatic N) is 1. The maximum Gasteiger partial charge on any atom is 0.119 e. The van der Waals surface area contributed by atoms with E-state index in [2.05, 4.69) is 6.92 Å². The van der Waals surface area contributed by atoms with Gasteiger partial charge in [0.1, 0.15) is 12.4 Å². The lowest BCUT2D eigenvalue weighted by Gasteiger charge is -2.23. The van der Waals surface area contributed by atoms with Crippen molar-refractivity contribution in [2.75, 3.05) is 52.7 Å². The lowest BCUT2D eigenvalue weighted by molar-refractivity contribution is 0.00361. The molecule has 1 unspecified atom stereocenters. The average Bonchev–Trinajstić information content (AvgIpc) is 2.51. The zero-order valence-electron chi connectivity index (χ0n) is 14.1. The number of aryl methyl sites for hydroxylation is 2. The van der Waals surface area contributed by atoms with E-state index in [1.54, 1.807) is 4.90 Å². The predicted octanol–water partition coefficient (Wildman–Crippen LogP) is 0.346. The minimum Gasteiger partial charge on any atom is -0.491 e. The summed E-state index contributed by atoms with van der Waals surface area (Å²) in [7, 11) is 0. The highest BCUT2D eigenvalue weighted by Gasteiger charge is 2.11. The van der Waals surface area contributed by atoms with Crippen molar-refractivity contribution in [3.05, 3.63) is 29.3 Å². The molecule has 1 atom stereocenters. The van der Waals surface area contributed by atoms with Gasteiger partial charge in [-0.1, -0.05) is 6.07 Å². The Bertz CT molecular complexity index is 435. The van der Waals surface area contributed by atoms with Crippen molar-refractivity contribution in [1.82, 2.24) is 4.90 Å². The van der Waals surface area contributed by atoms with Crippen molar-refractivity contribution >= 4 is 0 Å². The van der Waals surface area contributed by atoms with Gasteiger partial charge in [0.25, 0.3) is 0 Å². The first-order valence-electron chi connectivity index (χ1n) is 7.96. The first kappa shape index (κ1) is 19.9. The average molecular weight is 327 g/mol. The summed E-state index contributed by atoms with van der Waals surface area (Å²) < 4.78 is 11.0. The van der Waals surface area contributed by atoms with Crippen LogP contribution in [0.15, 0.2) is 18.2 Å². The van der Waals surface area contributed by atoms with Gasteiger partial charge in [0.15, 0.2) is 0 Å². The Balaban J connectivity index is 2.17. The normalized spacial score (nSPS) is 12.6. The quantitative estimate of drug-likeness (QED) is 0.481. The molecule has 1 aromatic rings. The zero-order valence-corrected chi connectivity index (χ0v) is 14.1. The number of hydrogen-bond donors (Lipinski definition) is 3. The molecule has 0 aromatic heterocycles. The van der Waals surface area contributed by atoms with Crippen LogP contribution in [0.1, 0.15) is 11.1 Å². The predicted molar refractivity (Wildman–Crippen MR) is 88.8 cm³/mol. The van der Waals surface area contributed by atoms with Gasteiger partial charge in [-0.05, 0) is 37.1 Å². The van der Waals surface area contributed by atoms with Gasteiger partial charge in [0, 0.05) is 19.6 Å². The minimum atomic E-state index is -0.658. The SMILES string of the molecule is Cc1ccc(OCCOCC(O)CN(CCO)CCO)cc1C. The fraction of sp³-hybridized carbons (Fsp3) is 0.647. The van der Waals surface area contributed by atoms with Crippen LogP contribution in [0.4, 0.5) is 0 Å². The fourth-order valence-electron chi connectivity index (χ4n) is 2.17. The summed E-state index contributed by atoms with van der Waals surface area (Å²) in [6, 6.07) is 5.94. The molecule has 0 bridgehead atoms. The summed E-state index contributed by atoms with van der Waals surface area (Å²) >= 11 is 0. The van der Waals surface area contributed by atoms with Crippen LogP contribution in [0.5, 0.6) is 5.75 Å². The van der Waals surface area contributed by atoms with E-state index in [0.717, 1.165) is 5.75 Å². The van der Waals surface area contributed by atoms with Crippen molar-refractivity contribution in [2.45, 2.75) is 20.0 Å². The number of aliphatic hydroxyl groups is 3. The van der Waals surface area contributed by atoms with Crippen LogP contribution < -0.4 is 4.74 Å². The number of aliphatic hydroxyl groups excluding tert-OH is 3. The molecular formula is C17H29NO5. The van der Waals surface area contributed by atoms with E-state index in [-0.39, 0.29) is 19.8 Å². The van der Waals surface area contributed by atoms with E-state index in [1.807, 2.05) is 25.1 Å². The van der Waals surface area contributed by atoms with Gasteiger partial charge in [-0.25, -0.2) is 0 Å². The second kappa shape index (κ2) is 11.4. The molecule has 0 saturated carbocycles. The molecule has 0 amide bonds. The van der Waals surface area contributed by atoms with Gasteiger partial charge in [-0.3, -0.25) is 4.90 Å². The first-order valence-corrected chi connectivity index (χ1v) is 7.96. The minimum absolute atomic E-state index is 0.00260. The van der Waals surface area contributed by atoms with Gasteiger partial charge < -0.3 is 24.8 Å². The second-order valence-corrected chi connectivity index (χ2v) is 5.57. The highest BCUT2D eigenvalue weighted by molar-refractivity contribution is 5.33. The molecular weight excluding hydrogens is 298 g/mol. The number of benzene rings is 1. The third-order valence-corrected chi connectivity index (χ3v) is 3.59. The second-order valence-electron chi connectivity index (χ2n) is 5.57. The van der Waals surface area contributed by atoms with E-state index in [0.29, 0.717) is 32.8 Å². The van der Waals surface area contributed by atoms with Crippen molar-refractivity contribution < 1.29 is 24.8 Å². The Labute approximate surface area is 138 Å². The first-order chi connectivity index (χ1) is 11.1. The summed E-state index contributed by atoms with van der Waals surface area (Å²) in [4.78, 5) is 1.79. The van der Waals surface area contributed by atoms with Crippen LogP contribution in [-0.2, 0) is 4.74 Å². The highest BCUT2D eigenvalue weighted by atomic mass is 16.5. The molecule has 0 radical (unpaired) electrons. The van der Waals surface area contributed by atoms with Gasteiger partial charge in [-0.15, -0.1) is 0 Å². The van der Waals surface area contributed by atoms with Crippen LogP contribution in [-0.4, -0.2) is 79.0 Å². The Morgan fingerprint density at radius 2 is 1.74 bits per heavy atom. The molecule has 23 heavy (non-hydrogen) atoms. The molecule has 0 aliphatic heterocycles. The molecule has 1 aromatic carbocycles. The van der Waals surface area contributed by atoms with Crippen molar-refractivity contribution in [2.24, 2.45) is 0 Å². The largest absolute Gasteiger partial charge is 0.491 e. The summed E-state index contributed by atoms with van der Waals surface area (Å²) in [6.07, 6.45) is -0.658. The molecule has 0 spiro atoms. The highest BCUT2D eigenvalue weighted by Crippen LogP contribution is 2.16. The number of rotatable bonds is 12.